The van der Waals surface area contributed by atoms with E-state index in [0.717, 1.165) is 0 Å². The standard InChI is InChI=1S/C16H17N4O3S.Na/c1-9-7-17-12(10(2)14(9)23-4)8-24(21)16-18-11-5-6-13(22-3)19-15(11)20-16;/h5-7H,8H2,1-4H3;/q-1;+1/i1D3,2D3,3D3,4D3,7D;. The first-order valence-electron chi connectivity index (χ1n) is 12.8. The molecule has 0 saturated heterocycles. The molecule has 3 heterocycles. The second-order valence-electron chi connectivity index (χ2n) is 4.44. The Kier molecular flexibility index (Phi) is 2.80. The van der Waals surface area contributed by atoms with E-state index in [1.54, 1.807) is 0 Å². The van der Waals surface area contributed by atoms with Crippen molar-refractivity contribution in [2.24, 2.45) is 0 Å². The van der Waals surface area contributed by atoms with Crippen LogP contribution in [0.15, 0.2) is 23.5 Å². The third-order valence-electron chi connectivity index (χ3n) is 2.97. The zero-order valence-electron chi connectivity index (χ0n) is 25.8. The van der Waals surface area contributed by atoms with Crippen LogP contribution in [0, 0.1) is 13.7 Å². The maximum absolute atomic E-state index is 13.1. The molecule has 3 rings (SSSR count). The normalized spacial score (nSPS) is 21.5. The Morgan fingerprint density at radius 3 is 2.92 bits per heavy atom. The molecule has 25 heavy (non-hydrogen) atoms. The number of aromatic nitrogens is 4. The van der Waals surface area contributed by atoms with Crippen molar-refractivity contribution in [2.75, 3.05) is 14.1 Å². The predicted molar refractivity (Wildman–Crippen MR) is 89.8 cm³/mol. The van der Waals surface area contributed by atoms with E-state index in [-0.39, 0.29) is 51.8 Å². The van der Waals surface area contributed by atoms with Crippen LogP contribution in [0.3, 0.4) is 0 Å². The molecule has 1 unspecified atom stereocenters. The third kappa shape index (κ3) is 4.03. The van der Waals surface area contributed by atoms with Crippen molar-refractivity contribution in [2.45, 2.75) is 24.6 Å². The van der Waals surface area contributed by atoms with Gasteiger partial charge in [0.05, 0.1) is 51.1 Å². The van der Waals surface area contributed by atoms with Crippen LogP contribution in [-0.4, -0.2) is 33.2 Å². The van der Waals surface area contributed by atoms with Crippen molar-refractivity contribution in [3.05, 3.63) is 35.1 Å². The molecule has 7 nitrogen and oxygen atoms in total. The molecule has 0 amide bonds. The Balaban J connectivity index is 0.00000507. The van der Waals surface area contributed by atoms with Gasteiger partial charge in [-0.3, -0.25) is 9.19 Å². The molecule has 9 heteroatoms. The Hall–Kier alpha value is -1.48. The third-order valence-corrected chi connectivity index (χ3v) is 4.10. The van der Waals surface area contributed by atoms with Crippen LogP contribution < -0.4 is 44.0 Å². The van der Waals surface area contributed by atoms with Crippen LogP contribution in [0.2, 0.25) is 0 Å². The molecule has 3 aromatic heterocycles. The van der Waals surface area contributed by atoms with Crippen LogP contribution in [0.5, 0.6) is 11.6 Å². The number of pyridine rings is 2. The van der Waals surface area contributed by atoms with Gasteiger partial charge in [0.1, 0.15) is 11.6 Å². The van der Waals surface area contributed by atoms with Gasteiger partial charge in [-0.25, -0.2) is 0 Å². The second-order valence-corrected chi connectivity index (χ2v) is 5.79. The van der Waals surface area contributed by atoms with Crippen molar-refractivity contribution in [1.29, 1.82) is 0 Å². The minimum absolute atomic E-state index is 0. The van der Waals surface area contributed by atoms with Crippen molar-refractivity contribution < 1.29 is 61.1 Å². The molecule has 0 N–H and O–H groups in total. The van der Waals surface area contributed by atoms with Crippen molar-refractivity contribution in [3.63, 3.8) is 0 Å². The van der Waals surface area contributed by atoms with Crippen LogP contribution in [0.1, 0.15) is 34.6 Å². The smallest absolute Gasteiger partial charge is 0.496 e. The molecule has 0 aromatic carbocycles. The summed E-state index contributed by atoms with van der Waals surface area (Å²) in [4.78, 5) is 15.5. The van der Waals surface area contributed by atoms with Gasteiger partial charge >= 0.3 is 29.6 Å². The van der Waals surface area contributed by atoms with Gasteiger partial charge in [0.25, 0.3) is 0 Å². The number of nitrogens with zero attached hydrogens (tertiary/aromatic N) is 4. The fraction of sp³-hybridized carbons (Fsp3) is 0.312. The molecule has 0 fully saturated rings. The maximum Gasteiger partial charge on any atom is 1.00 e. The quantitative estimate of drug-likeness (QED) is 0.520. The first-order valence-corrected chi connectivity index (χ1v) is 7.60. The van der Waals surface area contributed by atoms with Gasteiger partial charge in [-0.1, -0.05) is 0 Å². The van der Waals surface area contributed by atoms with E-state index in [2.05, 4.69) is 24.7 Å². The van der Waals surface area contributed by atoms with Crippen molar-refractivity contribution in [1.82, 2.24) is 19.9 Å². The molecule has 0 saturated carbocycles. The molecule has 0 aliphatic rings. The van der Waals surface area contributed by atoms with E-state index in [4.69, 9.17) is 22.6 Å². The van der Waals surface area contributed by atoms with Crippen LogP contribution >= 0.6 is 0 Å². The number of ether oxygens (including phenoxy) is 2. The Bertz CT molecular complexity index is 1350. The largest absolute Gasteiger partial charge is 1.00 e. The minimum atomic E-state index is -3.28. The summed E-state index contributed by atoms with van der Waals surface area (Å²) in [6.45, 7) is -6.34. The molecule has 126 valence electrons. The Labute approximate surface area is 188 Å². The number of fused-ring (bicyclic) bond motifs is 1. The van der Waals surface area contributed by atoms with E-state index >= 15 is 0 Å². The van der Waals surface area contributed by atoms with Crippen LogP contribution in [-0.2, 0) is 16.6 Å². The van der Waals surface area contributed by atoms with E-state index in [0.29, 0.717) is 0 Å². The fourth-order valence-corrected chi connectivity index (χ4v) is 2.83. The molecule has 1 atom stereocenters. The summed E-state index contributed by atoms with van der Waals surface area (Å²) >= 11 is 0. The maximum atomic E-state index is 13.1. The SMILES string of the molecule is [2H]c1nc(CS(=O)c2nc3ccc(OC([2H])([2H])[2H])nc3[n-]2)c(C([2H])([2H])[2H])c(OC([2H])([2H])[2H])c1C([2H])([2H])[2H].[Na+]. The number of hydrogen-bond donors (Lipinski definition) is 0. The number of hydrogen-bond acceptors (Lipinski definition) is 6. The fourth-order valence-electron chi connectivity index (χ4n) is 1.85. The van der Waals surface area contributed by atoms with E-state index in [1.165, 1.54) is 12.1 Å². The van der Waals surface area contributed by atoms with Crippen LogP contribution in [0.25, 0.3) is 11.2 Å². The Morgan fingerprint density at radius 1 is 1.28 bits per heavy atom. The minimum Gasteiger partial charge on any atom is -0.496 e. The van der Waals surface area contributed by atoms with Crippen molar-refractivity contribution in [3.8, 4) is 11.6 Å². The number of methoxy groups -OCH3 is 2. The van der Waals surface area contributed by atoms with Gasteiger partial charge in [0, 0.05) is 36.7 Å². The van der Waals surface area contributed by atoms with Gasteiger partial charge < -0.3 is 24.4 Å². The van der Waals surface area contributed by atoms with Gasteiger partial charge in [-0.05, 0) is 25.8 Å². The predicted octanol–water partition coefficient (Wildman–Crippen LogP) is -1.07. The summed E-state index contributed by atoms with van der Waals surface area (Å²) in [5, 5.41) is -0.364. The topological polar surface area (TPSA) is 88.3 Å². The van der Waals surface area contributed by atoms with Gasteiger partial charge in [0.2, 0.25) is 0 Å². The number of imidazole rings is 1. The van der Waals surface area contributed by atoms with E-state index in [9.17, 15) is 4.21 Å². The summed E-state index contributed by atoms with van der Waals surface area (Å²) in [5.41, 5.74) is -2.55. The first-order chi connectivity index (χ1) is 16.7. The Morgan fingerprint density at radius 2 is 2.16 bits per heavy atom. The molecule has 0 bridgehead atoms. The molecule has 3 aromatic rings. The summed E-state index contributed by atoms with van der Waals surface area (Å²) in [7, 11) is -8.32. The van der Waals surface area contributed by atoms with E-state index in [1.807, 2.05) is 0 Å². The summed E-state index contributed by atoms with van der Waals surface area (Å²) in [6, 6.07) is 2.50. The molecular formula is C16H17N4NaO3S. The summed E-state index contributed by atoms with van der Waals surface area (Å²) in [5.74, 6) is -2.15. The van der Waals surface area contributed by atoms with Gasteiger partial charge in [-0.15, -0.1) is 0 Å². The zero-order chi connectivity index (χ0) is 28.1. The van der Waals surface area contributed by atoms with Crippen LogP contribution in [0.4, 0.5) is 0 Å². The molecule has 0 aliphatic heterocycles. The molecule has 0 spiro atoms. The zero-order valence-corrected chi connectivity index (χ0v) is 15.6. The summed E-state index contributed by atoms with van der Waals surface area (Å²) < 4.78 is 120. The van der Waals surface area contributed by atoms with Gasteiger partial charge in [-0.2, -0.15) is 0 Å². The van der Waals surface area contributed by atoms with Crippen molar-refractivity contribution >= 4 is 22.0 Å². The van der Waals surface area contributed by atoms with E-state index < -0.39 is 73.1 Å². The second kappa shape index (κ2) is 8.27. The molecular weight excluding hydrogens is 351 g/mol. The van der Waals surface area contributed by atoms with Gasteiger partial charge in [0.15, 0.2) is 0 Å². The number of rotatable bonds is 5. The molecule has 0 aliphatic carbocycles. The first kappa shape index (κ1) is 8.47. The monoisotopic (exact) mass is 381 g/mol. The summed E-state index contributed by atoms with van der Waals surface area (Å²) in [6.07, 6.45) is -0.985. The molecule has 0 radical (unpaired) electrons. The average molecular weight is 381 g/mol. The average Bonchev–Trinajstić information content (AvgIpc) is 3.06.